The number of H-pyrrole nitrogens is 1. The highest BCUT2D eigenvalue weighted by Crippen LogP contribution is 2.23. The Morgan fingerprint density at radius 3 is 3.04 bits per heavy atom. The number of hydrogen-bond donors (Lipinski definition) is 2. The van der Waals surface area contributed by atoms with Crippen LogP contribution in [0.5, 0.6) is 0 Å². The highest BCUT2D eigenvalue weighted by Gasteiger charge is 2.13. The van der Waals surface area contributed by atoms with Crippen molar-refractivity contribution in [3.8, 4) is 11.6 Å². The molecule has 0 unspecified atom stereocenters. The summed E-state index contributed by atoms with van der Waals surface area (Å²) in [6.07, 6.45) is 4.75. The normalized spacial score (nSPS) is 11.2. The smallest absolute Gasteiger partial charge is 0.259 e. The second kappa shape index (κ2) is 5.55. The van der Waals surface area contributed by atoms with Crippen LogP contribution >= 0.6 is 0 Å². The van der Waals surface area contributed by atoms with Gasteiger partial charge < -0.3 is 14.7 Å². The van der Waals surface area contributed by atoms with E-state index >= 15 is 0 Å². The zero-order valence-corrected chi connectivity index (χ0v) is 13.4. The van der Waals surface area contributed by atoms with Crippen LogP contribution in [0.2, 0.25) is 0 Å². The maximum absolute atomic E-state index is 12.6. The van der Waals surface area contributed by atoms with Gasteiger partial charge >= 0.3 is 0 Å². The number of fused-ring (bicyclic) bond motifs is 2. The van der Waals surface area contributed by atoms with E-state index in [0.717, 1.165) is 11.0 Å². The number of rotatable bonds is 3. The van der Waals surface area contributed by atoms with E-state index in [-0.39, 0.29) is 5.91 Å². The average molecular weight is 344 g/mol. The molecule has 4 aromatic heterocycles. The fourth-order valence-corrected chi connectivity index (χ4v) is 2.84. The fraction of sp³-hybridized carbons (Fsp3) is 0. The number of imidazole rings is 1. The largest absolute Gasteiger partial charge is 0.461 e. The molecule has 8 heteroatoms. The SMILES string of the molecule is O=C(Nc1ccc2nc(-c3ccco3)[nH]c2c1)c1cccn2ncnc12. The van der Waals surface area contributed by atoms with Crippen LogP contribution in [0.4, 0.5) is 5.69 Å². The number of pyridine rings is 1. The Balaban J connectivity index is 1.47. The fourth-order valence-electron chi connectivity index (χ4n) is 2.84. The Labute approximate surface area is 146 Å². The summed E-state index contributed by atoms with van der Waals surface area (Å²) in [5.74, 6) is 1.04. The summed E-state index contributed by atoms with van der Waals surface area (Å²) in [6, 6.07) is 12.6. The summed E-state index contributed by atoms with van der Waals surface area (Å²) in [6.45, 7) is 0. The van der Waals surface area contributed by atoms with Crippen LogP contribution in [0.15, 0.2) is 65.7 Å². The Kier molecular flexibility index (Phi) is 3.08. The molecule has 0 aliphatic rings. The monoisotopic (exact) mass is 344 g/mol. The van der Waals surface area contributed by atoms with Crippen molar-refractivity contribution in [3.63, 3.8) is 0 Å². The van der Waals surface area contributed by atoms with Gasteiger partial charge in [-0.3, -0.25) is 4.79 Å². The molecule has 2 N–H and O–H groups in total. The molecule has 0 atom stereocenters. The summed E-state index contributed by atoms with van der Waals surface area (Å²) in [7, 11) is 0. The van der Waals surface area contributed by atoms with Crippen LogP contribution in [-0.2, 0) is 0 Å². The van der Waals surface area contributed by atoms with E-state index in [1.165, 1.54) is 6.33 Å². The molecule has 0 bridgehead atoms. The molecular formula is C18H12N6O2. The van der Waals surface area contributed by atoms with Crippen molar-refractivity contribution >= 4 is 28.3 Å². The molecule has 1 amide bonds. The summed E-state index contributed by atoms with van der Waals surface area (Å²) < 4.78 is 6.91. The summed E-state index contributed by atoms with van der Waals surface area (Å²) in [5.41, 5.74) is 3.20. The molecule has 26 heavy (non-hydrogen) atoms. The minimum atomic E-state index is -0.256. The number of hydrogen-bond acceptors (Lipinski definition) is 5. The number of furan rings is 1. The number of nitrogens with zero attached hydrogens (tertiary/aromatic N) is 4. The lowest BCUT2D eigenvalue weighted by Gasteiger charge is -2.06. The molecule has 0 radical (unpaired) electrons. The molecule has 4 heterocycles. The molecule has 8 nitrogen and oxygen atoms in total. The number of carbonyl (C=O) groups is 1. The van der Waals surface area contributed by atoms with Crippen molar-refractivity contribution in [2.45, 2.75) is 0 Å². The number of amides is 1. The summed E-state index contributed by atoms with van der Waals surface area (Å²) in [4.78, 5) is 24.4. The number of anilines is 1. The van der Waals surface area contributed by atoms with E-state index in [9.17, 15) is 4.79 Å². The van der Waals surface area contributed by atoms with Crippen molar-refractivity contribution in [3.05, 3.63) is 66.8 Å². The zero-order chi connectivity index (χ0) is 17.5. The molecule has 0 aliphatic heterocycles. The van der Waals surface area contributed by atoms with Crippen molar-refractivity contribution in [2.24, 2.45) is 0 Å². The van der Waals surface area contributed by atoms with Crippen LogP contribution < -0.4 is 5.32 Å². The Bertz CT molecular complexity index is 1240. The third kappa shape index (κ3) is 2.32. The number of nitrogens with one attached hydrogen (secondary N) is 2. The first-order valence-electron chi connectivity index (χ1n) is 7.91. The van der Waals surface area contributed by atoms with E-state index in [0.29, 0.717) is 28.5 Å². The van der Waals surface area contributed by atoms with Crippen LogP contribution in [0.25, 0.3) is 28.3 Å². The van der Waals surface area contributed by atoms with Gasteiger partial charge in [-0.2, -0.15) is 5.10 Å². The zero-order valence-electron chi connectivity index (χ0n) is 13.4. The first-order chi connectivity index (χ1) is 12.8. The number of aromatic amines is 1. The highest BCUT2D eigenvalue weighted by atomic mass is 16.3. The maximum Gasteiger partial charge on any atom is 0.259 e. The predicted molar refractivity (Wildman–Crippen MR) is 94.7 cm³/mol. The van der Waals surface area contributed by atoms with Gasteiger partial charge in [0.2, 0.25) is 0 Å². The predicted octanol–water partition coefficient (Wildman–Crippen LogP) is 3.12. The van der Waals surface area contributed by atoms with Crippen LogP contribution in [0.1, 0.15) is 10.4 Å². The lowest BCUT2D eigenvalue weighted by atomic mass is 10.2. The van der Waals surface area contributed by atoms with E-state index < -0.39 is 0 Å². The lowest BCUT2D eigenvalue weighted by Crippen LogP contribution is -2.13. The van der Waals surface area contributed by atoms with Crippen molar-refractivity contribution in [1.29, 1.82) is 0 Å². The molecule has 126 valence electrons. The molecule has 0 spiro atoms. The van der Waals surface area contributed by atoms with Gasteiger partial charge in [0.15, 0.2) is 17.2 Å². The number of carbonyl (C=O) groups excluding carboxylic acids is 1. The van der Waals surface area contributed by atoms with Gasteiger partial charge in [-0.05, 0) is 42.5 Å². The molecule has 0 fully saturated rings. The third-order valence-electron chi connectivity index (χ3n) is 4.04. The van der Waals surface area contributed by atoms with Crippen molar-refractivity contribution in [1.82, 2.24) is 24.6 Å². The Morgan fingerprint density at radius 2 is 2.15 bits per heavy atom. The molecule has 0 aliphatic carbocycles. The first-order valence-corrected chi connectivity index (χ1v) is 7.91. The standard InChI is InChI=1S/C18H12N6O2/c25-18(12-3-1-7-24-17(12)19-10-20-24)21-11-5-6-13-14(9-11)23-16(22-13)15-4-2-8-26-15/h1-10H,(H,21,25)(H,22,23). The van der Waals surface area contributed by atoms with Gasteiger partial charge in [0, 0.05) is 11.9 Å². The van der Waals surface area contributed by atoms with Gasteiger partial charge in [0.1, 0.15) is 6.33 Å². The van der Waals surface area contributed by atoms with Crippen molar-refractivity contribution in [2.75, 3.05) is 5.32 Å². The van der Waals surface area contributed by atoms with Crippen molar-refractivity contribution < 1.29 is 9.21 Å². The first kappa shape index (κ1) is 14.4. The third-order valence-corrected chi connectivity index (χ3v) is 4.04. The van der Waals surface area contributed by atoms with Crippen LogP contribution in [0.3, 0.4) is 0 Å². The second-order valence-corrected chi connectivity index (χ2v) is 5.70. The second-order valence-electron chi connectivity index (χ2n) is 5.70. The van der Waals surface area contributed by atoms with Gasteiger partial charge in [0.25, 0.3) is 5.91 Å². The van der Waals surface area contributed by atoms with E-state index in [2.05, 4.69) is 25.4 Å². The Morgan fingerprint density at radius 1 is 1.19 bits per heavy atom. The number of benzene rings is 1. The van der Waals surface area contributed by atoms with Gasteiger partial charge in [0.05, 0.1) is 22.9 Å². The maximum atomic E-state index is 12.6. The van der Waals surface area contributed by atoms with Gasteiger partial charge in [-0.25, -0.2) is 14.5 Å². The van der Waals surface area contributed by atoms with Gasteiger partial charge in [-0.1, -0.05) is 0 Å². The number of aromatic nitrogens is 5. The Hall–Kier alpha value is -3.94. The van der Waals surface area contributed by atoms with E-state index in [4.69, 9.17) is 4.42 Å². The topological polar surface area (TPSA) is 101 Å². The van der Waals surface area contributed by atoms with E-state index in [1.807, 2.05) is 18.2 Å². The summed E-state index contributed by atoms with van der Waals surface area (Å²) in [5, 5.41) is 6.93. The van der Waals surface area contributed by atoms with Crippen LogP contribution in [0, 0.1) is 0 Å². The average Bonchev–Trinajstić information content (AvgIpc) is 3.39. The minimum Gasteiger partial charge on any atom is -0.461 e. The molecule has 0 saturated heterocycles. The molecule has 1 aromatic carbocycles. The highest BCUT2D eigenvalue weighted by molar-refractivity contribution is 6.08. The molecule has 5 aromatic rings. The molecule has 0 saturated carbocycles. The van der Waals surface area contributed by atoms with Crippen LogP contribution in [-0.4, -0.2) is 30.5 Å². The quantitative estimate of drug-likeness (QED) is 0.524. The van der Waals surface area contributed by atoms with Gasteiger partial charge in [-0.15, -0.1) is 0 Å². The molecule has 5 rings (SSSR count). The minimum absolute atomic E-state index is 0.256. The lowest BCUT2D eigenvalue weighted by molar-refractivity contribution is 0.102. The van der Waals surface area contributed by atoms with E-state index in [1.54, 1.807) is 41.2 Å². The molecular weight excluding hydrogens is 332 g/mol. The summed E-state index contributed by atoms with van der Waals surface area (Å²) >= 11 is 0.